The van der Waals surface area contributed by atoms with Crippen LogP contribution in [0.1, 0.15) is 57.1 Å². The minimum Gasteiger partial charge on any atom is -0.508 e. The van der Waals surface area contributed by atoms with Crippen molar-refractivity contribution < 1.29 is 19.4 Å². The van der Waals surface area contributed by atoms with Crippen LogP contribution in [0.5, 0.6) is 5.75 Å². The predicted octanol–water partition coefficient (Wildman–Crippen LogP) is 3.49. The van der Waals surface area contributed by atoms with Crippen LogP contribution in [0, 0.1) is 5.92 Å². The van der Waals surface area contributed by atoms with E-state index in [1.807, 2.05) is 6.07 Å². The number of unbranched alkanes of at least 4 members (excludes halogenated alkanes) is 1. The largest absolute Gasteiger partial charge is 0.508 e. The molecular formula is C21H25NO4. The number of rotatable bonds is 4. The zero-order valence-corrected chi connectivity index (χ0v) is 15.1. The first-order chi connectivity index (χ1) is 12.6. The van der Waals surface area contributed by atoms with Crippen LogP contribution in [0.15, 0.2) is 35.6 Å². The number of ether oxygens (including phenoxy) is 1. The van der Waals surface area contributed by atoms with Gasteiger partial charge >= 0.3 is 0 Å². The summed E-state index contributed by atoms with van der Waals surface area (Å²) >= 11 is 0. The number of hydrogen-bond donors (Lipinski definition) is 1. The van der Waals surface area contributed by atoms with E-state index in [0.29, 0.717) is 12.1 Å². The van der Waals surface area contributed by atoms with Crippen molar-refractivity contribution >= 4 is 11.7 Å². The van der Waals surface area contributed by atoms with E-state index in [2.05, 4.69) is 6.92 Å². The number of carbonyl (C=O) groups is 2. The zero-order valence-electron chi connectivity index (χ0n) is 15.1. The lowest BCUT2D eigenvalue weighted by Gasteiger charge is -2.35. The standard InChI is InChI=1S/C21H25NO4/c1-2-3-11-22-18(13-7-6-8-14(23)12-13)17-19(24)15-9-4-5-10-16(15)26-20(17)21(22)25/h6-8,12,15-16,18,23H,2-5,9-11H2,1H3. The Kier molecular flexibility index (Phi) is 4.47. The van der Waals surface area contributed by atoms with Crippen LogP contribution in [0.25, 0.3) is 0 Å². The topological polar surface area (TPSA) is 66.8 Å². The number of carbonyl (C=O) groups excluding carboxylic acids is 2. The van der Waals surface area contributed by atoms with Gasteiger partial charge < -0.3 is 14.7 Å². The van der Waals surface area contributed by atoms with Gasteiger partial charge in [-0.05, 0) is 43.4 Å². The molecule has 3 atom stereocenters. The quantitative estimate of drug-likeness (QED) is 0.898. The maximum Gasteiger partial charge on any atom is 0.290 e. The van der Waals surface area contributed by atoms with Crippen molar-refractivity contribution in [3.8, 4) is 5.75 Å². The van der Waals surface area contributed by atoms with Gasteiger partial charge in [-0.15, -0.1) is 0 Å². The Morgan fingerprint density at radius 1 is 1.23 bits per heavy atom. The number of fused-ring (bicyclic) bond motifs is 1. The van der Waals surface area contributed by atoms with Crippen LogP contribution in [0.2, 0.25) is 0 Å². The molecule has 1 fully saturated rings. The highest BCUT2D eigenvalue weighted by molar-refractivity contribution is 6.11. The Bertz CT molecular complexity index is 769. The van der Waals surface area contributed by atoms with E-state index in [1.165, 1.54) is 0 Å². The van der Waals surface area contributed by atoms with Crippen LogP contribution in [0.4, 0.5) is 0 Å². The molecule has 2 aliphatic heterocycles. The molecule has 4 rings (SSSR count). The number of nitrogens with zero attached hydrogens (tertiary/aromatic N) is 1. The summed E-state index contributed by atoms with van der Waals surface area (Å²) in [5, 5.41) is 9.92. The van der Waals surface area contributed by atoms with Gasteiger partial charge in [0, 0.05) is 6.54 Å². The van der Waals surface area contributed by atoms with E-state index in [0.717, 1.165) is 44.1 Å². The Balaban J connectivity index is 1.78. The van der Waals surface area contributed by atoms with Gasteiger partial charge in [0.2, 0.25) is 0 Å². The van der Waals surface area contributed by atoms with E-state index in [9.17, 15) is 14.7 Å². The molecule has 1 saturated carbocycles. The number of amides is 1. The number of phenols is 1. The van der Waals surface area contributed by atoms with Crippen molar-refractivity contribution in [2.45, 2.75) is 57.6 Å². The monoisotopic (exact) mass is 355 g/mol. The van der Waals surface area contributed by atoms with E-state index in [1.54, 1.807) is 23.1 Å². The summed E-state index contributed by atoms with van der Waals surface area (Å²) < 4.78 is 6.09. The van der Waals surface area contributed by atoms with Gasteiger partial charge in [0.1, 0.15) is 11.9 Å². The summed E-state index contributed by atoms with van der Waals surface area (Å²) in [5.74, 6) is 0.138. The van der Waals surface area contributed by atoms with Crippen LogP contribution >= 0.6 is 0 Å². The summed E-state index contributed by atoms with van der Waals surface area (Å²) in [6.45, 7) is 2.65. The molecule has 1 aromatic carbocycles. The molecule has 0 saturated heterocycles. The van der Waals surface area contributed by atoms with Gasteiger partial charge in [-0.3, -0.25) is 9.59 Å². The molecule has 1 N–H and O–H groups in total. The van der Waals surface area contributed by atoms with Crippen LogP contribution in [0.3, 0.4) is 0 Å². The molecule has 26 heavy (non-hydrogen) atoms. The molecule has 1 aliphatic carbocycles. The van der Waals surface area contributed by atoms with Crippen LogP contribution < -0.4 is 0 Å². The average Bonchev–Trinajstić information content (AvgIpc) is 2.93. The second-order valence-corrected chi connectivity index (χ2v) is 7.50. The van der Waals surface area contributed by atoms with E-state index >= 15 is 0 Å². The first-order valence-electron chi connectivity index (χ1n) is 9.66. The molecular weight excluding hydrogens is 330 g/mol. The molecule has 3 aliphatic rings. The van der Waals surface area contributed by atoms with Gasteiger partial charge in [0.25, 0.3) is 5.91 Å². The second-order valence-electron chi connectivity index (χ2n) is 7.50. The smallest absolute Gasteiger partial charge is 0.290 e. The predicted molar refractivity (Wildman–Crippen MR) is 96.3 cm³/mol. The number of aromatic hydroxyl groups is 1. The van der Waals surface area contributed by atoms with Gasteiger partial charge in [0.15, 0.2) is 11.5 Å². The third-order valence-electron chi connectivity index (χ3n) is 5.80. The van der Waals surface area contributed by atoms with Crippen molar-refractivity contribution in [2.75, 3.05) is 6.54 Å². The molecule has 5 heteroatoms. The Morgan fingerprint density at radius 2 is 2.04 bits per heavy atom. The number of Topliss-reactive ketones (excluding diaryl/α,β-unsaturated/α-hetero) is 1. The van der Waals surface area contributed by atoms with E-state index in [-0.39, 0.29) is 35.2 Å². The SMILES string of the molecule is CCCCN1C(=O)C2=C(C(=O)C3CCCCC3O2)C1c1cccc(O)c1. The van der Waals surface area contributed by atoms with Crippen molar-refractivity contribution in [3.63, 3.8) is 0 Å². The van der Waals surface area contributed by atoms with Gasteiger partial charge in [0.05, 0.1) is 17.5 Å². The third-order valence-corrected chi connectivity index (χ3v) is 5.80. The second kappa shape index (κ2) is 6.78. The lowest BCUT2D eigenvalue weighted by atomic mass is 9.77. The van der Waals surface area contributed by atoms with E-state index < -0.39 is 6.04 Å². The van der Waals surface area contributed by atoms with Gasteiger partial charge in [-0.2, -0.15) is 0 Å². The fourth-order valence-electron chi connectivity index (χ4n) is 4.49. The molecule has 138 valence electrons. The fraction of sp³-hybridized carbons (Fsp3) is 0.524. The van der Waals surface area contributed by atoms with Gasteiger partial charge in [-0.25, -0.2) is 0 Å². The normalized spacial score (nSPS) is 28.0. The highest BCUT2D eigenvalue weighted by atomic mass is 16.5. The summed E-state index contributed by atoms with van der Waals surface area (Å²) in [7, 11) is 0. The van der Waals surface area contributed by atoms with Crippen molar-refractivity contribution in [1.82, 2.24) is 4.90 Å². The summed E-state index contributed by atoms with van der Waals surface area (Å²) in [6, 6.07) is 6.41. The highest BCUT2D eigenvalue weighted by Gasteiger charge is 2.51. The summed E-state index contributed by atoms with van der Waals surface area (Å²) in [5.41, 5.74) is 1.27. The van der Waals surface area contributed by atoms with E-state index in [4.69, 9.17) is 4.74 Å². The summed E-state index contributed by atoms with van der Waals surface area (Å²) in [6.07, 6.45) is 5.41. The first-order valence-corrected chi connectivity index (χ1v) is 9.66. The lowest BCUT2D eigenvalue weighted by molar-refractivity contribution is -0.135. The third kappa shape index (κ3) is 2.70. The van der Waals surface area contributed by atoms with Crippen molar-refractivity contribution in [1.29, 1.82) is 0 Å². The Labute approximate surface area is 153 Å². The molecule has 0 bridgehead atoms. The Hall–Kier alpha value is -2.30. The molecule has 1 aromatic rings. The molecule has 3 unspecified atom stereocenters. The van der Waals surface area contributed by atoms with Crippen LogP contribution in [-0.4, -0.2) is 34.3 Å². The Morgan fingerprint density at radius 3 is 2.81 bits per heavy atom. The number of benzene rings is 1. The van der Waals surface area contributed by atoms with Gasteiger partial charge in [-0.1, -0.05) is 31.9 Å². The van der Waals surface area contributed by atoms with Crippen molar-refractivity contribution in [2.24, 2.45) is 5.92 Å². The fourth-order valence-corrected chi connectivity index (χ4v) is 4.49. The molecule has 1 amide bonds. The minimum atomic E-state index is -0.452. The highest BCUT2D eigenvalue weighted by Crippen LogP contribution is 2.47. The molecule has 2 heterocycles. The minimum absolute atomic E-state index is 0.0663. The first kappa shape index (κ1) is 17.1. The number of hydrogen-bond acceptors (Lipinski definition) is 4. The molecule has 0 aromatic heterocycles. The van der Waals surface area contributed by atoms with Crippen molar-refractivity contribution in [3.05, 3.63) is 41.2 Å². The lowest BCUT2D eigenvalue weighted by Crippen LogP contribution is -2.39. The molecule has 0 spiro atoms. The number of phenolic OH excluding ortho intramolecular Hbond substituents is 1. The average molecular weight is 355 g/mol. The van der Waals surface area contributed by atoms with Crippen LogP contribution in [-0.2, 0) is 14.3 Å². The maximum absolute atomic E-state index is 13.3. The summed E-state index contributed by atoms with van der Waals surface area (Å²) in [4.78, 5) is 28.1. The molecule has 0 radical (unpaired) electrons. The molecule has 5 nitrogen and oxygen atoms in total. The zero-order chi connectivity index (χ0) is 18.3. The number of ketones is 1. The maximum atomic E-state index is 13.3.